The number of carbonyl (C=O) groups is 3. The number of fused-ring (bicyclic) bond motifs is 1. The zero-order valence-corrected chi connectivity index (χ0v) is 16.7. The molecule has 8 heteroatoms. The SMILES string of the molecule is C[C@H](NC(=O)[C@@H]1Cc2ccccc2CN1C(=O)[C@@H](N)Cc1ccc(O)cc1)C(N)=O. The molecular weight excluding hydrogens is 384 g/mol. The van der Waals surface area contributed by atoms with E-state index >= 15 is 0 Å². The van der Waals surface area contributed by atoms with E-state index < -0.39 is 29.9 Å². The lowest BCUT2D eigenvalue weighted by atomic mass is 9.92. The maximum Gasteiger partial charge on any atom is 0.243 e. The molecule has 2 aromatic rings. The van der Waals surface area contributed by atoms with Gasteiger partial charge in [-0.15, -0.1) is 0 Å². The number of nitrogens with one attached hydrogen (secondary N) is 1. The van der Waals surface area contributed by atoms with Crippen LogP contribution in [0.4, 0.5) is 0 Å². The fourth-order valence-corrected chi connectivity index (χ4v) is 3.56. The van der Waals surface area contributed by atoms with Crippen molar-refractivity contribution in [1.29, 1.82) is 0 Å². The number of rotatable bonds is 6. The molecule has 0 saturated heterocycles. The maximum atomic E-state index is 13.2. The summed E-state index contributed by atoms with van der Waals surface area (Å²) in [6.07, 6.45) is 0.592. The van der Waals surface area contributed by atoms with Crippen LogP contribution in [-0.2, 0) is 33.8 Å². The first kappa shape index (κ1) is 21.3. The number of phenols is 1. The van der Waals surface area contributed by atoms with Crippen molar-refractivity contribution < 1.29 is 19.5 Å². The molecule has 3 rings (SSSR count). The second-order valence-corrected chi connectivity index (χ2v) is 7.56. The quantitative estimate of drug-likeness (QED) is 0.539. The molecule has 30 heavy (non-hydrogen) atoms. The minimum Gasteiger partial charge on any atom is -0.508 e. The standard InChI is InChI=1S/C22H26N4O4/c1-13(20(24)28)25-21(29)19-11-15-4-2-3-5-16(15)12-26(19)22(30)18(23)10-14-6-8-17(27)9-7-14/h2-9,13,18-19,27H,10-12,23H2,1H3,(H2,24,28)(H,25,29)/t13-,18-,19-/m0/s1. The zero-order valence-electron chi connectivity index (χ0n) is 16.7. The Morgan fingerprint density at radius 1 is 1.13 bits per heavy atom. The number of nitrogens with two attached hydrogens (primary N) is 2. The van der Waals surface area contributed by atoms with Gasteiger partial charge in [0, 0.05) is 13.0 Å². The van der Waals surface area contributed by atoms with Gasteiger partial charge in [0.05, 0.1) is 6.04 Å². The second kappa shape index (κ2) is 8.96. The van der Waals surface area contributed by atoms with Crippen LogP contribution >= 0.6 is 0 Å². The molecule has 0 unspecified atom stereocenters. The molecule has 0 spiro atoms. The summed E-state index contributed by atoms with van der Waals surface area (Å²) in [4.78, 5) is 38.9. The fourth-order valence-electron chi connectivity index (χ4n) is 3.56. The molecule has 3 amide bonds. The van der Waals surface area contributed by atoms with E-state index in [0.29, 0.717) is 6.42 Å². The van der Waals surface area contributed by atoms with Gasteiger partial charge in [0.1, 0.15) is 17.8 Å². The average Bonchev–Trinajstić information content (AvgIpc) is 2.73. The summed E-state index contributed by atoms with van der Waals surface area (Å²) in [7, 11) is 0. The lowest BCUT2D eigenvalue weighted by molar-refractivity contribution is -0.143. The number of hydrogen-bond donors (Lipinski definition) is 4. The van der Waals surface area contributed by atoms with Crippen LogP contribution in [0.5, 0.6) is 5.75 Å². The van der Waals surface area contributed by atoms with Gasteiger partial charge in [-0.1, -0.05) is 36.4 Å². The van der Waals surface area contributed by atoms with Gasteiger partial charge in [-0.05, 0) is 42.2 Å². The van der Waals surface area contributed by atoms with Gasteiger partial charge in [0.15, 0.2) is 0 Å². The monoisotopic (exact) mass is 410 g/mol. The van der Waals surface area contributed by atoms with Crippen LogP contribution in [0.15, 0.2) is 48.5 Å². The van der Waals surface area contributed by atoms with Crippen LogP contribution in [0.3, 0.4) is 0 Å². The molecule has 8 nitrogen and oxygen atoms in total. The Labute approximate surface area is 174 Å². The van der Waals surface area contributed by atoms with Gasteiger partial charge >= 0.3 is 0 Å². The molecule has 0 bridgehead atoms. The highest BCUT2D eigenvalue weighted by Crippen LogP contribution is 2.24. The third-order valence-electron chi connectivity index (χ3n) is 5.33. The largest absolute Gasteiger partial charge is 0.508 e. The zero-order chi connectivity index (χ0) is 21.8. The van der Waals surface area contributed by atoms with Gasteiger partial charge in [-0.2, -0.15) is 0 Å². The summed E-state index contributed by atoms with van der Waals surface area (Å²) in [5.74, 6) is -1.32. The smallest absolute Gasteiger partial charge is 0.243 e. The molecule has 0 fully saturated rings. The van der Waals surface area contributed by atoms with E-state index in [1.807, 2.05) is 24.3 Å². The number of primary amides is 1. The van der Waals surface area contributed by atoms with Crippen LogP contribution in [-0.4, -0.2) is 45.9 Å². The summed E-state index contributed by atoms with van der Waals surface area (Å²) in [6.45, 7) is 1.75. The predicted octanol–water partition coefficient (Wildman–Crippen LogP) is 0.206. The molecule has 0 radical (unpaired) electrons. The lowest BCUT2D eigenvalue weighted by Gasteiger charge is -2.37. The minimum atomic E-state index is -0.858. The molecule has 0 aliphatic carbocycles. The molecule has 1 aliphatic heterocycles. The van der Waals surface area contributed by atoms with Gasteiger partial charge in [-0.3, -0.25) is 14.4 Å². The van der Waals surface area contributed by atoms with Crippen molar-refractivity contribution in [3.63, 3.8) is 0 Å². The fraction of sp³-hybridized carbons (Fsp3) is 0.318. The summed E-state index contributed by atoms with van der Waals surface area (Å²) >= 11 is 0. The number of phenolic OH excluding ortho intramolecular Hbond substituents is 1. The Morgan fingerprint density at radius 3 is 2.40 bits per heavy atom. The van der Waals surface area contributed by atoms with E-state index in [9.17, 15) is 19.5 Å². The lowest BCUT2D eigenvalue weighted by Crippen LogP contribution is -2.58. The first-order valence-electron chi connectivity index (χ1n) is 9.76. The second-order valence-electron chi connectivity index (χ2n) is 7.56. The highest BCUT2D eigenvalue weighted by Gasteiger charge is 2.37. The van der Waals surface area contributed by atoms with Crippen LogP contribution in [0.2, 0.25) is 0 Å². The number of benzene rings is 2. The van der Waals surface area contributed by atoms with Crippen molar-refractivity contribution in [3.8, 4) is 5.75 Å². The third-order valence-corrected chi connectivity index (χ3v) is 5.33. The number of amides is 3. The average molecular weight is 410 g/mol. The van der Waals surface area contributed by atoms with E-state index in [-0.39, 0.29) is 24.6 Å². The van der Waals surface area contributed by atoms with Gasteiger partial charge in [-0.25, -0.2) is 0 Å². The van der Waals surface area contributed by atoms with Crippen molar-refractivity contribution >= 4 is 17.7 Å². The molecule has 3 atom stereocenters. The Morgan fingerprint density at radius 2 is 1.77 bits per heavy atom. The molecule has 1 aliphatic rings. The van der Waals surface area contributed by atoms with Crippen LogP contribution in [0.1, 0.15) is 23.6 Å². The molecule has 0 aromatic heterocycles. The number of hydrogen-bond acceptors (Lipinski definition) is 5. The van der Waals surface area contributed by atoms with Crippen LogP contribution < -0.4 is 16.8 Å². The normalized spacial score (nSPS) is 17.5. The minimum absolute atomic E-state index is 0.131. The van der Waals surface area contributed by atoms with Gasteiger partial charge in [0.25, 0.3) is 0 Å². The molecule has 2 aromatic carbocycles. The number of carbonyl (C=O) groups excluding carboxylic acids is 3. The number of nitrogens with zero attached hydrogens (tertiary/aromatic N) is 1. The first-order chi connectivity index (χ1) is 14.3. The van der Waals surface area contributed by atoms with Crippen molar-refractivity contribution in [3.05, 3.63) is 65.2 Å². The molecular formula is C22H26N4O4. The molecule has 158 valence electrons. The van der Waals surface area contributed by atoms with Crippen molar-refractivity contribution in [1.82, 2.24) is 10.2 Å². The van der Waals surface area contributed by atoms with Crippen LogP contribution in [0.25, 0.3) is 0 Å². The summed E-state index contributed by atoms with van der Waals surface area (Å²) in [5, 5.41) is 12.0. The Hall–Kier alpha value is -3.39. The first-order valence-corrected chi connectivity index (χ1v) is 9.76. The summed E-state index contributed by atoms with van der Waals surface area (Å²) in [5.41, 5.74) is 14.2. The van der Waals surface area contributed by atoms with E-state index in [2.05, 4.69) is 5.32 Å². The van der Waals surface area contributed by atoms with Gasteiger partial charge in [0.2, 0.25) is 17.7 Å². The highest BCUT2D eigenvalue weighted by molar-refractivity contribution is 5.93. The van der Waals surface area contributed by atoms with Crippen molar-refractivity contribution in [2.24, 2.45) is 11.5 Å². The Bertz CT molecular complexity index is 944. The van der Waals surface area contributed by atoms with Crippen molar-refractivity contribution in [2.75, 3.05) is 0 Å². The van der Waals surface area contributed by atoms with E-state index in [4.69, 9.17) is 11.5 Å². The van der Waals surface area contributed by atoms with Crippen LogP contribution in [0, 0.1) is 0 Å². The van der Waals surface area contributed by atoms with E-state index in [1.54, 1.807) is 12.1 Å². The maximum absolute atomic E-state index is 13.2. The number of aromatic hydroxyl groups is 1. The molecule has 0 saturated carbocycles. The predicted molar refractivity (Wildman–Crippen MR) is 111 cm³/mol. The topological polar surface area (TPSA) is 139 Å². The van der Waals surface area contributed by atoms with E-state index in [1.165, 1.54) is 24.0 Å². The molecule has 1 heterocycles. The van der Waals surface area contributed by atoms with Gasteiger partial charge < -0.3 is 26.8 Å². The van der Waals surface area contributed by atoms with Crippen molar-refractivity contribution in [2.45, 2.75) is 44.4 Å². The highest BCUT2D eigenvalue weighted by atomic mass is 16.3. The summed E-state index contributed by atoms with van der Waals surface area (Å²) in [6, 6.07) is 11.6. The Balaban J connectivity index is 1.82. The third kappa shape index (κ3) is 4.77. The molecule has 6 N–H and O–H groups in total. The Kier molecular flexibility index (Phi) is 6.37. The van der Waals surface area contributed by atoms with E-state index in [0.717, 1.165) is 16.7 Å². The summed E-state index contributed by atoms with van der Waals surface area (Å²) < 4.78 is 0.